The highest BCUT2D eigenvalue weighted by Crippen LogP contribution is 2.67. The Morgan fingerprint density at radius 3 is 3.03 bits per heavy atom. The van der Waals surface area contributed by atoms with Crippen molar-refractivity contribution >= 4 is 11.8 Å². The topological polar surface area (TPSA) is 21.6 Å². The van der Waals surface area contributed by atoms with E-state index in [9.17, 15) is 0 Å². The fourth-order valence-corrected chi connectivity index (χ4v) is 7.64. The molecule has 3 heterocycles. The molecular weight excluding hydrogens is 366 g/mol. The number of aliphatic imine (C=N–C) groups is 1. The Hall–Kier alpha value is -2.19. The van der Waals surface area contributed by atoms with Gasteiger partial charge in [-0.25, -0.2) is 0 Å². The van der Waals surface area contributed by atoms with Crippen molar-refractivity contribution in [3.63, 3.8) is 0 Å². The maximum absolute atomic E-state index is 7.24. The molecule has 1 saturated carbocycles. The Bertz CT molecular complexity index is 1130. The number of fused-ring (bicyclic) bond motifs is 2. The number of benzene rings is 1. The average Bonchev–Trinajstić information content (AvgIpc) is 3.41. The van der Waals surface area contributed by atoms with Crippen molar-refractivity contribution in [2.75, 3.05) is 0 Å². The number of rotatable bonds is 1. The molecule has 1 saturated heterocycles. The van der Waals surface area contributed by atoms with E-state index < -0.39 is 0 Å². The summed E-state index contributed by atoms with van der Waals surface area (Å²) in [5.41, 5.74) is 9.93. The van der Waals surface area contributed by atoms with Crippen LogP contribution in [0.1, 0.15) is 68.6 Å². The first kappa shape index (κ1) is 17.5. The molecule has 2 bridgehead atoms. The first-order chi connectivity index (χ1) is 14.5. The van der Waals surface area contributed by atoms with Crippen molar-refractivity contribution in [1.29, 1.82) is 0 Å². The van der Waals surface area contributed by atoms with Gasteiger partial charge in [0.15, 0.2) is 0 Å². The van der Waals surface area contributed by atoms with Crippen LogP contribution >= 0.6 is 0 Å². The smallest absolute Gasteiger partial charge is 0.0981 e. The van der Waals surface area contributed by atoms with Crippen LogP contribution in [0.4, 0.5) is 0 Å². The molecule has 6 aliphatic rings. The van der Waals surface area contributed by atoms with E-state index in [0.29, 0.717) is 5.92 Å². The maximum Gasteiger partial charge on any atom is 0.0981 e. The van der Waals surface area contributed by atoms with Crippen molar-refractivity contribution in [1.82, 2.24) is 0 Å². The molecule has 30 heavy (non-hydrogen) atoms. The number of allylic oxidation sites excluding steroid dienone is 3. The van der Waals surface area contributed by atoms with E-state index in [1.165, 1.54) is 33.4 Å². The second-order valence-electron chi connectivity index (χ2n) is 10.7. The van der Waals surface area contributed by atoms with E-state index in [2.05, 4.69) is 54.9 Å². The lowest BCUT2D eigenvalue weighted by Gasteiger charge is -2.53. The van der Waals surface area contributed by atoms with Gasteiger partial charge in [0.05, 0.1) is 17.7 Å². The van der Waals surface area contributed by atoms with E-state index in [4.69, 9.17) is 4.74 Å². The highest BCUT2D eigenvalue weighted by atomic mass is 16.5. The van der Waals surface area contributed by atoms with Gasteiger partial charge >= 0.3 is 0 Å². The van der Waals surface area contributed by atoms with Crippen molar-refractivity contribution < 1.29 is 4.74 Å². The number of hydrogen-bond donors (Lipinski definition) is 0. The predicted octanol–water partition coefficient (Wildman–Crippen LogP) is 6.33. The van der Waals surface area contributed by atoms with Gasteiger partial charge in [-0.05, 0) is 78.0 Å². The molecule has 1 aromatic rings. The molecule has 0 radical (unpaired) electrons. The second kappa shape index (κ2) is 5.53. The third kappa shape index (κ3) is 2.01. The Labute approximate surface area is 179 Å². The summed E-state index contributed by atoms with van der Waals surface area (Å²) < 4.78 is 7.24. The summed E-state index contributed by atoms with van der Waals surface area (Å²) >= 11 is 0. The zero-order valence-corrected chi connectivity index (χ0v) is 17.8. The van der Waals surface area contributed by atoms with Crippen LogP contribution in [-0.4, -0.2) is 17.4 Å². The monoisotopic (exact) mass is 395 g/mol. The van der Waals surface area contributed by atoms with Gasteiger partial charge in [-0.1, -0.05) is 49.4 Å². The zero-order chi connectivity index (χ0) is 20.1. The van der Waals surface area contributed by atoms with E-state index in [0.717, 1.165) is 51.5 Å². The summed E-state index contributed by atoms with van der Waals surface area (Å²) in [6.07, 6.45) is 17.5. The number of ether oxygens (including phenoxy) is 1. The molecule has 0 unspecified atom stereocenters. The summed E-state index contributed by atoms with van der Waals surface area (Å²) in [6, 6.07) is 6.97. The van der Waals surface area contributed by atoms with Crippen LogP contribution in [0.5, 0.6) is 0 Å². The molecule has 0 N–H and O–H groups in total. The molecule has 2 fully saturated rings. The minimum atomic E-state index is -0.107. The fraction of sp³-hybridized carbons (Fsp3) is 0.464. The quantitative estimate of drug-likeness (QED) is 0.509. The normalized spacial score (nSPS) is 40.2. The molecule has 3 aliphatic heterocycles. The maximum atomic E-state index is 7.24. The molecule has 3 aliphatic carbocycles. The van der Waals surface area contributed by atoms with Crippen LogP contribution in [0.3, 0.4) is 0 Å². The summed E-state index contributed by atoms with van der Waals surface area (Å²) in [4.78, 5) is 4.46. The van der Waals surface area contributed by atoms with Gasteiger partial charge in [0, 0.05) is 24.0 Å². The van der Waals surface area contributed by atoms with E-state index in [1.54, 1.807) is 5.57 Å². The van der Waals surface area contributed by atoms with Gasteiger partial charge in [0.2, 0.25) is 0 Å². The molecule has 152 valence electrons. The molecule has 0 aromatic heterocycles. The van der Waals surface area contributed by atoms with Gasteiger partial charge in [-0.15, -0.1) is 0 Å². The molecule has 1 aromatic carbocycles. The lowest BCUT2D eigenvalue weighted by atomic mass is 9.58. The Morgan fingerprint density at radius 1 is 1.17 bits per heavy atom. The lowest BCUT2D eigenvalue weighted by Crippen LogP contribution is -2.53. The van der Waals surface area contributed by atoms with Crippen LogP contribution < -0.4 is 0 Å². The van der Waals surface area contributed by atoms with Crippen LogP contribution in [-0.2, 0) is 11.3 Å². The molecule has 4 atom stereocenters. The van der Waals surface area contributed by atoms with Crippen LogP contribution in [0.15, 0.2) is 64.7 Å². The minimum Gasteiger partial charge on any atom is -0.359 e. The van der Waals surface area contributed by atoms with Gasteiger partial charge in [-0.2, -0.15) is 0 Å². The Morgan fingerprint density at radius 2 is 2.10 bits per heavy atom. The van der Waals surface area contributed by atoms with Crippen molar-refractivity contribution in [3.8, 4) is 0 Å². The van der Waals surface area contributed by atoms with E-state index in [-0.39, 0.29) is 16.6 Å². The fourth-order valence-electron chi connectivity index (χ4n) is 7.64. The summed E-state index contributed by atoms with van der Waals surface area (Å²) in [5.74, 6) is 0.522. The lowest BCUT2D eigenvalue weighted by molar-refractivity contribution is -0.123. The zero-order valence-electron chi connectivity index (χ0n) is 17.8. The predicted molar refractivity (Wildman–Crippen MR) is 121 cm³/mol. The number of nitrogens with zero attached hydrogens (tertiary/aromatic N) is 1. The first-order valence-corrected chi connectivity index (χ1v) is 11.6. The third-order valence-corrected chi connectivity index (χ3v) is 9.16. The highest BCUT2D eigenvalue weighted by Gasteiger charge is 2.64. The Balaban J connectivity index is 1.32. The molecule has 2 heteroatoms. The third-order valence-electron chi connectivity index (χ3n) is 9.16. The van der Waals surface area contributed by atoms with Crippen molar-refractivity contribution in [2.24, 2.45) is 16.3 Å². The van der Waals surface area contributed by atoms with Crippen molar-refractivity contribution in [2.45, 2.75) is 69.6 Å². The average molecular weight is 396 g/mol. The van der Waals surface area contributed by atoms with E-state index >= 15 is 0 Å². The van der Waals surface area contributed by atoms with Gasteiger partial charge in [-0.3, -0.25) is 4.99 Å². The van der Waals surface area contributed by atoms with Crippen molar-refractivity contribution in [3.05, 3.63) is 76.4 Å². The van der Waals surface area contributed by atoms with Crippen LogP contribution in [0.25, 0.3) is 5.57 Å². The first-order valence-electron chi connectivity index (χ1n) is 11.6. The summed E-state index contributed by atoms with van der Waals surface area (Å²) in [6.45, 7) is 7.66. The molecule has 2 spiro atoms. The molecule has 2 nitrogen and oxygen atoms in total. The molecule has 0 amide bonds. The van der Waals surface area contributed by atoms with Crippen LogP contribution in [0, 0.1) is 11.3 Å². The number of hydrogen-bond acceptors (Lipinski definition) is 2. The van der Waals surface area contributed by atoms with Gasteiger partial charge < -0.3 is 4.74 Å². The standard InChI is InChI=1S/C28H29NO/c1-18-3-6-22-14-23-9-10-26(2)24(19-4-5-20-16-29-17-21(20)13-19)7-8-25(26)28(23)12-11-27(22,15-18)30-28/h4-5,7,9,13-14,17,25H,1,3,6,8,10-12,15-16H2,2H3/t25-,26-,27-,28-/m1/s1. The van der Waals surface area contributed by atoms with Gasteiger partial charge in [0.25, 0.3) is 0 Å². The van der Waals surface area contributed by atoms with Crippen LogP contribution in [0.2, 0.25) is 0 Å². The van der Waals surface area contributed by atoms with Gasteiger partial charge in [0.1, 0.15) is 0 Å². The summed E-state index contributed by atoms with van der Waals surface area (Å²) in [7, 11) is 0. The molecule has 7 rings (SSSR count). The SMILES string of the molecule is C=C1CCC2=CC3=CC[C@]4(C)C(c5ccc6c(c5)C=NC6)=CC[C@H]4[C@@]34CC[C@]2(C1)O4. The summed E-state index contributed by atoms with van der Waals surface area (Å²) in [5, 5.41) is 0. The van der Waals surface area contributed by atoms with E-state index in [1.807, 2.05) is 6.21 Å². The molecular formula is C28H29NO. The Kier molecular flexibility index (Phi) is 3.23. The largest absolute Gasteiger partial charge is 0.359 e. The highest BCUT2D eigenvalue weighted by molar-refractivity contribution is 5.87. The second-order valence-corrected chi connectivity index (χ2v) is 10.7. The minimum absolute atomic E-state index is 0.0578.